The maximum Gasteiger partial charge on any atom is 0.227 e. The van der Waals surface area contributed by atoms with E-state index in [1.165, 1.54) is 16.3 Å². The lowest BCUT2D eigenvalue weighted by atomic mass is 9.95. The molecule has 144 valence electrons. The van der Waals surface area contributed by atoms with E-state index < -0.39 is 0 Å². The molecule has 1 N–H and O–H groups in total. The molecule has 28 heavy (non-hydrogen) atoms. The normalized spacial score (nSPS) is 15.6. The van der Waals surface area contributed by atoms with Crippen LogP contribution in [0.5, 0.6) is 0 Å². The van der Waals surface area contributed by atoms with Crippen molar-refractivity contribution in [3.63, 3.8) is 0 Å². The average molecular weight is 393 g/mol. The van der Waals surface area contributed by atoms with Gasteiger partial charge in [-0.15, -0.1) is 0 Å². The van der Waals surface area contributed by atoms with E-state index in [9.17, 15) is 4.79 Å². The number of aryl methyl sites for hydroxylation is 1. The lowest BCUT2D eigenvalue weighted by molar-refractivity contribution is -0.121. The second kappa shape index (κ2) is 8.34. The Morgan fingerprint density at radius 2 is 1.82 bits per heavy atom. The molecular formula is C24H25ClN2O. The molecule has 1 aliphatic heterocycles. The predicted octanol–water partition coefficient (Wildman–Crippen LogP) is 5.65. The number of amides is 1. The van der Waals surface area contributed by atoms with Crippen molar-refractivity contribution < 1.29 is 4.79 Å². The fourth-order valence-electron chi connectivity index (χ4n) is 3.99. The van der Waals surface area contributed by atoms with Gasteiger partial charge >= 0.3 is 0 Å². The predicted molar refractivity (Wildman–Crippen MR) is 117 cm³/mol. The number of halogens is 1. The Kier molecular flexibility index (Phi) is 5.65. The molecule has 0 bridgehead atoms. The van der Waals surface area contributed by atoms with Gasteiger partial charge in [-0.2, -0.15) is 0 Å². The van der Waals surface area contributed by atoms with Crippen LogP contribution in [0.2, 0.25) is 5.02 Å². The molecule has 1 heterocycles. The van der Waals surface area contributed by atoms with Crippen molar-refractivity contribution in [2.75, 3.05) is 18.4 Å². The van der Waals surface area contributed by atoms with E-state index in [4.69, 9.17) is 11.6 Å². The summed E-state index contributed by atoms with van der Waals surface area (Å²) in [4.78, 5) is 15.2. The van der Waals surface area contributed by atoms with E-state index in [2.05, 4.69) is 52.7 Å². The number of fused-ring (bicyclic) bond motifs is 1. The zero-order valence-corrected chi connectivity index (χ0v) is 16.9. The number of carbonyl (C=O) groups excluding carboxylic acids is 1. The highest BCUT2D eigenvalue weighted by Crippen LogP contribution is 2.26. The minimum absolute atomic E-state index is 0.0575. The first kappa shape index (κ1) is 19.0. The van der Waals surface area contributed by atoms with E-state index in [0.717, 1.165) is 43.7 Å². The van der Waals surface area contributed by atoms with Gasteiger partial charge in [-0.25, -0.2) is 0 Å². The Bertz CT molecular complexity index is 988. The van der Waals surface area contributed by atoms with E-state index >= 15 is 0 Å². The minimum atomic E-state index is 0.0575. The molecular weight excluding hydrogens is 368 g/mol. The molecule has 1 aliphatic rings. The third kappa shape index (κ3) is 4.21. The summed E-state index contributed by atoms with van der Waals surface area (Å²) < 4.78 is 0. The van der Waals surface area contributed by atoms with Crippen LogP contribution in [0, 0.1) is 12.8 Å². The summed E-state index contributed by atoms with van der Waals surface area (Å²) in [7, 11) is 0. The molecule has 1 fully saturated rings. The number of hydrogen-bond donors (Lipinski definition) is 1. The standard InChI is InChI=1S/C24H25ClN2O/c1-17-9-10-21(25)15-23(17)26-24(28)19-11-13-27(14-12-19)16-20-7-4-6-18-5-2-3-8-22(18)20/h2-10,15,19H,11-14,16H2,1H3,(H,26,28). The van der Waals surface area contributed by atoms with Gasteiger partial charge in [-0.1, -0.05) is 60.1 Å². The molecule has 0 radical (unpaired) electrons. The van der Waals surface area contributed by atoms with Crippen LogP contribution >= 0.6 is 11.6 Å². The molecule has 0 aliphatic carbocycles. The highest BCUT2D eigenvalue weighted by atomic mass is 35.5. The molecule has 1 amide bonds. The van der Waals surface area contributed by atoms with Crippen LogP contribution < -0.4 is 5.32 Å². The van der Waals surface area contributed by atoms with Crippen molar-refractivity contribution in [3.05, 3.63) is 76.8 Å². The Labute approximate surface area is 171 Å². The van der Waals surface area contributed by atoms with Crippen LogP contribution in [-0.2, 0) is 11.3 Å². The van der Waals surface area contributed by atoms with Gasteiger partial charge in [0, 0.05) is 23.2 Å². The lowest BCUT2D eigenvalue weighted by Gasteiger charge is -2.31. The smallest absolute Gasteiger partial charge is 0.227 e. The van der Waals surface area contributed by atoms with Crippen molar-refractivity contribution in [1.82, 2.24) is 4.90 Å². The molecule has 3 aromatic rings. The maximum absolute atomic E-state index is 12.7. The number of hydrogen-bond acceptors (Lipinski definition) is 2. The zero-order chi connectivity index (χ0) is 19.5. The Balaban J connectivity index is 1.36. The summed E-state index contributed by atoms with van der Waals surface area (Å²) >= 11 is 6.07. The second-order valence-corrected chi connectivity index (χ2v) is 8.07. The molecule has 0 atom stereocenters. The van der Waals surface area contributed by atoms with Gasteiger partial charge in [0.25, 0.3) is 0 Å². The summed E-state index contributed by atoms with van der Waals surface area (Å²) in [5.74, 6) is 0.164. The SMILES string of the molecule is Cc1ccc(Cl)cc1NC(=O)C1CCN(Cc2cccc3ccccc23)CC1. The van der Waals surface area contributed by atoms with Gasteiger partial charge in [0.05, 0.1) is 0 Å². The van der Waals surface area contributed by atoms with Crippen LogP contribution in [0.15, 0.2) is 60.7 Å². The van der Waals surface area contributed by atoms with Crippen LogP contribution in [0.3, 0.4) is 0 Å². The van der Waals surface area contributed by atoms with E-state index in [1.54, 1.807) is 0 Å². The van der Waals surface area contributed by atoms with Crippen LogP contribution in [0.25, 0.3) is 10.8 Å². The van der Waals surface area contributed by atoms with E-state index in [0.29, 0.717) is 5.02 Å². The van der Waals surface area contributed by atoms with Crippen molar-refractivity contribution >= 4 is 34.0 Å². The summed E-state index contributed by atoms with van der Waals surface area (Å²) in [6.45, 7) is 4.80. The van der Waals surface area contributed by atoms with Crippen molar-refractivity contribution in [2.24, 2.45) is 5.92 Å². The van der Waals surface area contributed by atoms with Gasteiger partial charge in [0.1, 0.15) is 0 Å². The fourth-order valence-corrected chi connectivity index (χ4v) is 4.16. The van der Waals surface area contributed by atoms with Crippen molar-refractivity contribution in [1.29, 1.82) is 0 Å². The molecule has 0 aromatic heterocycles. The summed E-state index contributed by atoms with van der Waals surface area (Å²) in [5, 5.41) is 6.32. The summed E-state index contributed by atoms with van der Waals surface area (Å²) in [6.07, 6.45) is 1.77. The van der Waals surface area contributed by atoms with Gasteiger partial charge in [0.2, 0.25) is 5.91 Å². The fraction of sp³-hybridized carbons (Fsp3) is 0.292. The highest BCUT2D eigenvalue weighted by Gasteiger charge is 2.25. The van der Waals surface area contributed by atoms with E-state index in [-0.39, 0.29) is 11.8 Å². The quantitative estimate of drug-likeness (QED) is 0.622. The number of piperidine rings is 1. The third-order valence-corrected chi connectivity index (χ3v) is 5.92. The van der Waals surface area contributed by atoms with Crippen LogP contribution in [0.1, 0.15) is 24.0 Å². The first-order chi connectivity index (χ1) is 13.6. The summed E-state index contributed by atoms with van der Waals surface area (Å²) in [6, 6.07) is 20.6. The van der Waals surface area contributed by atoms with Crippen molar-refractivity contribution in [2.45, 2.75) is 26.3 Å². The number of carbonyl (C=O) groups is 1. The Morgan fingerprint density at radius 3 is 2.64 bits per heavy atom. The average Bonchev–Trinajstić information content (AvgIpc) is 2.71. The van der Waals surface area contributed by atoms with Crippen LogP contribution in [-0.4, -0.2) is 23.9 Å². The minimum Gasteiger partial charge on any atom is -0.326 e. The molecule has 3 nitrogen and oxygen atoms in total. The second-order valence-electron chi connectivity index (χ2n) is 7.64. The third-order valence-electron chi connectivity index (χ3n) is 5.69. The number of benzene rings is 3. The topological polar surface area (TPSA) is 32.3 Å². The van der Waals surface area contributed by atoms with E-state index in [1.807, 2.05) is 25.1 Å². The molecule has 0 unspecified atom stereocenters. The first-order valence-corrected chi connectivity index (χ1v) is 10.2. The number of nitrogens with one attached hydrogen (secondary N) is 1. The highest BCUT2D eigenvalue weighted by molar-refractivity contribution is 6.31. The molecule has 4 rings (SSSR count). The molecule has 0 spiro atoms. The zero-order valence-electron chi connectivity index (χ0n) is 16.1. The first-order valence-electron chi connectivity index (χ1n) is 9.86. The van der Waals surface area contributed by atoms with Gasteiger partial charge in [-0.05, 0) is 66.9 Å². The van der Waals surface area contributed by atoms with Crippen molar-refractivity contribution in [3.8, 4) is 0 Å². The molecule has 0 saturated carbocycles. The maximum atomic E-state index is 12.7. The molecule has 1 saturated heterocycles. The summed E-state index contributed by atoms with van der Waals surface area (Å²) in [5.41, 5.74) is 3.21. The van der Waals surface area contributed by atoms with Gasteiger partial charge < -0.3 is 5.32 Å². The molecule has 4 heteroatoms. The lowest BCUT2D eigenvalue weighted by Crippen LogP contribution is -2.37. The number of rotatable bonds is 4. The largest absolute Gasteiger partial charge is 0.326 e. The number of anilines is 1. The Morgan fingerprint density at radius 1 is 1.07 bits per heavy atom. The monoisotopic (exact) mass is 392 g/mol. The van der Waals surface area contributed by atoms with Crippen LogP contribution in [0.4, 0.5) is 5.69 Å². The number of likely N-dealkylation sites (tertiary alicyclic amines) is 1. The molecule has 3 aromatic carbocycles. The number of nitrogens with zero attached hydrogens (tertiary/aromatic N) is 1. The van der Waals surface area contributed by atoms with Gasteiger partial charge in [-0.3, -0.25) is 9.69 Å². The Hall–Kier alpha value is -2.36. The van der Waals surface area contributed by atoms with Gasteiger partial charge in [0.15, 0.2) is 0 Å².